The van der Waals surface area contributed by atoms with Crippen molar-refractivity contribution in [3.63, 3.8) is 0 Å². The van der Waals surface area contributed by atoms with Crippen molar-refractivity contribution in [2.45, 2.75) is 0 Å². The monoisotopic (exact) mass is 261 g/mol. The molecule has 1 heterocycles. The van der Waals surface area contributed by atoms with Crippen molar-refractivity contribution in [3.05, 3.63) is 65.5 Å². The molecule has 6 heteroatoms. The molecule has 0 unspecified atom stereocenters. The molecule has 1 N–H and O–H groups in total. The summed E-state index contributed by atoms with van der Waals surface area (Å²) in [7, 11) is 0. The largest absolute Gasteiger partial charge is 0.271 e. The number of hydrazone groups is 1. The maximum atomic E-state index is 13.3. The Morgan fingerprint density at radius 1 is 1.21 bits per heavy atom. The summed E-state index contributed by atoms with van der Waals surface area (Å²) in [5, 5.41) is 3.57. The van der Waals surface area contributed by atoms with Crippen molar-refractivity contribution in [2.24, 2.45) is 5.10 Å². The van der Waals surface area contributed by atoms with Gasteiger partial charge < -0.3 is 0 Å². The van der Waals surface area contributed by atoms with E-state index < -0.39 is 17.5 Å². The van der Waals surface area contributed by atoms with Crippen LogP contribution in [0.4, 0.5) is 8.78 Å². The number of aromatic nitrogens is 1. The number of nitrogens with one attached hydrogen (secondary N) is 1. The van der Waals surface area contributed by atoms with E-state index in [1.807, 2.05) is 0 Å². The molecule has 1 aromatic carbocycles. The Balaban J connectivity index is 2.05. The highest BCUT2D eigenvalue weighted by Gasteiger charge is 2.06. The smallest absolute Gasteiger partial charge is 0.267 e. The first-order chi connectivity index (χ1) is 9.18. The Labute approximate surface area is 107 Å². The van der Waals surface area contributed by atoms with Crippen LogP contribution in [0.2, 0.25) is 0 Å². The molecule has 2 rings (SSSR count). The van der Waals surface area contributed by atoms with E-state index in [0.717, 1.165) is 12.3 Å². The second-order valence-electron chi connectivity index (χ2n) is 3.58. The van der Waals surface area contributed by atoms with Gasteiger partial charge in [0.2, 0.25) is 0 Å². The number of halogens is 2. The third-order valence-electron chi connectivity index (χ3n) is 2.29. The van der Waals surface area contributed by atoms with Crippen LogP contribution in [-0.2, 0) is 0 Å². The van der Waals surface area contributed by atoms with Crippen molar-refractivity contribution in [1.29, 1.82) is 0 Å². The minimum Gasteiger partial charge on any atom is -0.267 e. The molecule has 1 aromatic heterocycles. The number of hydrogen-bond donors (Lipinski definition) is 1. The van der Waals surface area contributed by atoms with Crippen LogP contribution in [0.3, 0.4) is 0 Å². The number of rotatable bonds is 3. The molecule has 96 valence electrons. The highest BCUT2D eigenvalue weighted by molar-refractivity contribution is 5.94. The summed E-state index contributed by atoms with van der Waals surface area (Å²) in [4.78, 5) is 15.3. The molecule has 0 atom stereocenters. The first-order valence-electron chi connectivity index (χ1n) is 5.36. The van der Waals surface area contributed by atoms with Crippen LogP contribution >= 0.6 is 0 Å². The van der Waals surface area contributed by atoms with Crippen LogP contribution in [0.25, 0.3) is 0 Å². The van der Waals surface area contributed by atoms with Gasteiger partial charge in [-0.2, -0.15) is 5.10 Å². The van der Waals surface area contributed by atoms with Crippen LogP contribution < -0.4 is 5.43 Å². The molecule has 0 saturated carbocycles. The van der Waals surface area contributed by atoms with Gasteiger partial charge in [-0.05, 0) is 18.2 Å². The predicted molar refractivity (Wildman–Crippen MR) is 65.7 cm³/mol. The third-order valence-corrected chi connectivity index (χ3v) is 2.29. The van der Waals surface area contributed by atoms with Crippen LogP contribution in [-0.4, -0.2) is 17.1 Å². The molecule has 1 amide bonds. The Kier molecular flexibility index (Phi) is 3.92. The molecule has 0 aliphatic rings. The zero-order valence-electron chi connectivity index (χ0n) is 9.68. The van der Waals surface area contributed by atoms with E-state index in [9.17, 15) is 13.6 Å². The highest BCUT2D eigenvalue weighted by atomic mass is 19.2. The minimum atomic E-state index is -1.01. The zero-order chi connectivity index (χ0) is 13.7. The summed E-state index contributed by atoms with van der Waals surface area (Å²) in [6.45, 7) is 0. The number of nitrogens with zero attached hydrogens (tertiary/aromatic N) is 2. The molecule has 0 fully saturated rings. The summed E-state index contributed by atoms with van der Waals surface area (Å²) >= 11 is 0. The van der Waals surface area contributed by atoms with E-state index in [-0.39, 0.29) is 5.56 Å². The molecule has 2 aromatic rings. The Morgan fingerprint density at radius 3 is 2.68 bits per heavy atom. The SMILES string of the molecule is O=C(N/N=C/c1cccc(F)c1F)c1ccncc1. The average molecular weight is 261 g/mol. The molecule has 0 aliphatic heterocycles. The van der Waals surface area contributed by atoms with Crippen LogP contribution in [0.5, 0.6) is 0 Å². The second-order valence-corrected chi connectivity index (χ2v) is 3.58. The van der Waals surface area contributed by atoms with Gasteiger partial charge in [0.25, 0.3) is 5.91 Å². The van der Waals surface area contributed by atoms with Gasteiger partial charge in [-0.1, -0.05) is 12.1 Å². The van der Waals surface area contributed by atoms with Crippen LogP contribution in [0, 0.1) is 11.6 Å². The quantitative estimate of drug-likeness (QED) is 0.679. The van der Waals surface area contributed by atoms with Crippen LogP contribution in [0.15, 0.2) is 47.8 Å². The fraction of sp³-hybridized carbons (Fsp3) is 0. The average Bonchev–Trinajstić information content (AvgIpc) is 2.44. The summed E-state index contributed by atoms with van der Waals surface area (Å²) in [5.74, 6) is -2.44. The van der Waals surface area contributed by atoms with E-state index in [2.05, 4.69) is 15.5 Å². The Bertz CT molecular complexity index is 615. The summed E-state index contributed by atoms with van der Waals surface area (Å²) < 4.78 is 26.2. The van der Waals surface area contributed by atoms with Gasteiger partial charge in [-0.25, -0.2) is 14.2 Å². The first kappa shape index (κ1) is 12.8. The summed E-state index contributed by atoms with van der Waals surface area (Å²) in [6.07, 6.45) is 3.97. The topological polar surface area (TPSA) is 54.4 Å². The van der Waals surface area contributed by atoms with Gasteiger partial charge >= 0.3 is 0 Å². The number of carbonyl (C=O) groups excluding carboxylic acids is 1. The maximum absolute atomic E-state index is 13.3. The van der Waals surface area contributed by atoms with E-state index in [1.165, 1.54) is 36.7 Å². The Hall–Kier alpha value is -2.63. The molecular formula is C13H9F2N3O. The number of amides is 1. The molecule has 0 bridgehead atoms. The lowest BCUT2D eigenvalue weighted by atomic mass is 10.2. The maximum Gasteiger partial charge on any atom is 0.271 e. The first-order valence-corrected chi connectivity index (χ1v) is 5.36. The van der Waals surface area contributed by atoms with Gasteiger partial charge in [-0.15, -0.1) is 0 Å². The van der Waals surface area contributed by atoms with Crippen LogP contribution in [0.1, 0.15) is 15.9 Å². The summed E-state index contributed by atoms with van der Waals surface area (Å²) in [5.41, 5.74) is 2.53. The molecular weight excluding hydrogens is 252 g/mol. The van der Waals surface area contributed by atoms with Gasteiger partial charge in [-0.3, -0.25) is 9.78 Å². The van der Waals surface area contributed by atoms with Crippen molar-refractivity contribution < 1.29 is 13.6 Å². The Morgan fingerprint density at radius 2 is 1.95 bits per heavy atom. The number of pyridine rings is 1. The predicted octanol–water partition coefficient (Wildman–Crippen LogP) is 2.12. The lowest BCUT2D eigenvalue weighted by molar-refractivity contribution is 0.0955. The lowest BCUT2D eigenvalue weighted by Gasteiger charge is -1.99. The summed E-state index contributed by atoms with van der Waals surface area (Å²) in [6, 6.07) is 6.72. The van der Waals surface area contributed by atoms with E-state index in [1.54, 1.807) is 0 Å². The van der Waals surface area contributed by atoms with Gasteiger partial charge in [0.1, 0.15) is 0 Å². The fourth-order valence-electron chi connectivity index (χ4n) is 1.35. The normalized spacial score (nSPS) is 10.6. The van der Waals surface area contributed by atoms with Gasteiger partial charge in [0.05, 0.1) is 6.21 Å². The van der Waals surface area contributed by atoms with Gasteiger partial charge in [0.15, 0.2) is 11.6 Å². The van der Waals surface area contributed by atoms with E-state index >= 15 is 0 Å². The lowest BCUT2D eigenvalue weighted by Crippen LogP contribution is -2.17. The molecule has 4 nitrogen and oxygen atoms in total. The molecule has 0 aliphatic carbocycles. The van der Waals surface area contributed by atoms with E-state index in [4.69, 9.17) is 0 Å². The molecule has 0 saturated heterocycles. The molecule has 0 spiro atoms. The minimum absolute atomic E-state index is 0.0463. The van der Waals surface area contributed by atoms with Crippen molar-refractivity contribution in [2.75, 3.05) is 0 Å². The number of carbonyl (C=O) groups is 1. The molecule has 0 radical (unpaired) electrons. The molecule has 19 heavy (non-hydrogen) atoms. The standard InChI is InChI=1S/C13H9F2N3O/c14-11-3-1-2-10(12(11)15)8-17-18-13(19)9-4-6-16-7-5-9/h1-8H,(H,18,19)/b17-8+. The van der Waals surface area contributed by atoms with Crippen molar-refractivity contribution >= 4 is 12.1 Å². The van der Waals surface area contributed by atoms with Gasteiger partial charge in [0, 0.05) is 23.5 Å². The second kappa shape index (κ2) is 5.81. The van der Waals surface area contributed by atoms with E-state index in [0.29, 0.717) is 5.56 Å². The van der Waals surface area contributed by atoms with Crippen molar-refractivity contribution in [3.8, 4) is 0 Å². The fourth-order valence-corrected chi connectivity index (χ4v) is 1.35. The number of benzene rings is 1. The highest BCUT2D eigenvalue weighted by Crippen LogP contribution is 2.08. The third kappa shape index (κ3) is 3.19. The zero-order valence-corrected chi connectivity index (χ0v) is 9.68. The number of hydrogen-bond acceptors (Lipinski definition) is 3. The van der Waals surface area contributed by atoms with Crippen molar-refractivity contribution in [1.82, 2.24) is 10.4 Å².